The van der Waals surface area contributed by atoms with E-state index in [1.165, 1.54) is 12.1 Å². The van der Waals surface area contributed by atoms with Crippen LogP contribution in [0.1, 0.15) is 12.0 Å². The van der Waals surface area contributed by atoms with Gasteiger partial charge in [0.05, 0.1) is 39.6 Å². The van der Waals surface area contributed by atoms with Crippen LogP contribution in [-0.4, -0.2) is 30.5 Å². The summed E-state index contributed by atoms with van der Waals surface area (Å²) < 4.78 is 46.8. The predicted molar refractivity (Wildman–Crippen MR) is 87.7 cm³/mol. The van der Waals surface area contributed by atoms with Gasteiger partial charge in [-0.05, 0) is 24.1 Å². The molecule has 0 aliphatic carbocycles. The standard InChI is InChI=1S/C14H11Cl3F3NO2S/c15-8-1-6(2-9(16)11(8)17)13(14(18,19)20)3-10(21-5-13)7-4-23-24-12(7)22/h1-2,7,10,21H,3-5H2. The molecule has 1 aromatic carbocycles. The van der Waals surface area contributed by atoms with Crippen molar-refractivity contribution in [3.8, 4) is 0 Å². The van der Waals surface area contributed by atoms with Crippen molar-refractivity contribution in [2.45, 2.75) is 24.1 Å². The molecule has 3 nitrogen and oxygen atoms in total. The third-order valence-corrected chi connectivity index (χ3v) is 6.41. The molecule has 132 valence electrons. The Bertz CT molecular complexity index is 665. The summed E-state index contributed by atoms with van der Waals surface area (Å²) in [4.78, 5) is 11.8. The quantitative estimate of drug-likeness (QED) is 0.559. The Morgan fingerprint density at radius 1 is 1.25 bits per heavy atom. The molecule has 3 atom stereocenters. The molecule has 0 amide bonds. The molecule has 0 saturated carbocycles. The number of rotatable bonds is 2. The van der Waals surface area contributed by atoms with E-state index in [1.54, 1.807) is 0 Å². The molecule has 0 spiro atoms. The predicted octanol–water partition coefficient (Wildman–Crippen LogP) is 4.63. The Labute approximate surface area is 155 Å². The molecule has 0 aromatic heterocycles. The molecular weight excluding hydrogens is 410 g/mol. The minimum Gasteiger partial charge on any atom is -0.312 e. The van der Waals surface area contributed by atoms with Crippen LogP contribution in [0.3, 0.4) is 0 Å². The molecule has 0 bridgehead atoms. The van der Waals surface area contributed by atoms with Gasteiger partial charge in [0.2, 0.25) is 5.12 Å². The summed E-state index contributed by atoms with van der Waals surface area (Å²) in [6, 6.07) is 1.74. The zero-order valence-corrected chi connectivity index (χ0v) is 15.0. The van der Waals surface area contributed by atoms with Crippen molar-refractivity contribution in [3.05, 3.63) is 32.8 Å². The molecule has 2 saturated heterocycles. The maximum Gasteiger partial charge on any atom is 0.399 e. The molecule has 3 unspecified atom stereocenters. The number of hydrogen-bond acceptors (Lipinski definition) is 4. The van der Waals surface area contributed by atoms with Crippen molar-refractivity contribution in [2.24, 2.45) is 5.92 Å². The van der Waals surface area contributed by atoms with Gasteiger partial charge in [0.1, 0.15) is 5.41 Å². The van der Waals surface area contributed by atoms with Crippen molar-refractivity contribution in [2.75, 3.05) is 13.2 Å². The molecule has 2 aliphatic rings. The van der Waals surface area contributed by atoms with Gasteiger partial charge in [-0.25, -0.2) is 0 Å². The number of carbonyl (C=O) groups excluding carboxylic acids is 1. The summed E-state index contributed by atoms with van der Waals surface area (Å²) in [6.07, 6.45) is -4.85. The highest BCUT2D eigenvalue weighted by Gasteiger charge is 2.61. The van der Waals surface area contributed by atoms with E-state index < -0.39 is 23.6 Å². The summed E-state index contributed by atoms with van der Waals surface area (Å²) in [5, 5.41) is 2.49. The number of halogens is 6. The third kappa shape index (κ3) is 3.04. The zero-order valence-electron chi connectivity index (χ0n) is 11.9. The Balaban J connectivity index is 2.00. The van der Waals surface area contributed by atoms with Gasteiger partial charge >= 0.3 is 6.18 Å². The lowest BCUT2D eigenvalue weighted by atomic mass is 9.76. The van der Waals surface area contributed by atoms with Gasteiger partial charge in [-0.15, -0.1) is 0 Å². The fourth-order valence-electron chi connectivity index (χ4n) is 3.12. The zero-order chi connectivity index (χ0) is 17.7. The first kappa shape index (κ1) is 18.6. The van der Waals surface area contributed by atoms with Crippen molar-refractivity contribution in [1.29, 1.82) is 0 Å². The van der Waals surface area contributed by atoms with E-state index in [9.17, 15) is 18.0 Å². The highest BCUT2D eigenvalue weighted by molar-refractivity contribution is 8.09. The van der Waals surface area contributed by atoms with Crippen molar-refractivity contribution in [1.82, 2.24) is 5.32 Å². The molecule has 3 rings (SSSR count). The van der Waals surface area contributed by atoms with Crippen LogP contribution in [0.15, 0.2) is 12.1 Å². The van der Waals surface area contributed by atoms with E-state index in [-0.39, 0.29) is 45.3 Å². The lowest BCUT2D eigenvalue weighted by Crippen LogP contribution is -2.44. The SMILES string of the molecule is O=C1SOCC1C1CC(c2cc(Cl)c(Cl)c(Cl)c2)(C(F)(F)F)CN1. The fraction of sp³-hybridized carbons (Fsp3) is 0.500. The second kappa shape index (κ2) is 6.52. The van der Waals surface area contributed by atoms with Crippen LogP contribution < -0.4 is 5.32 Å². The van der Waals surface area contributed by atoms with E-state index in [0.717, 1.165) is 0 Å². The molecule has 10 heteroatoms. The minimum absolute atomic E-state index is 0.0117. The van der Waals surface area contributed by atoms with Crippen LogP contribution in [0.4, 0.5) is 13.2 Å². The van der Waals surface area contributed by atoms with Gasteiger partial charge in [-0.2, -0.15) is 13.2 Å². The van der Waals surface area contributed by atoms with Crippen molar-refractivity contribution in [3.63, 3.8) is 0 Å². The van der Waals surface area contributed by atoms with Gasteiger partial charge < -0.3 is 9.50 Å². The summed E-state index contributed by atoms with van der Waals surface area (Å²) >= 11 is 18.4. The van der Waals surface area contributed by atoms with Gasteiger partial charge in [0.15, 0.2) is 0 Å². The van der Waals surface area contributed by atoms with Crippen LogP contribution >= 0.6 is 46.8 Å². The maximum absolute atomic E-state index is 13.9. The molecule has 1 aromatic rings. The van der Waals surface area contributed by atoms with Crippen LogP contribution in [0.2, 0.25) is 15.1 Å². The van der Waals surface area contributed by atoms with Crippen LogP contribution in [0, 0.1) is 5.92 Å². The lowest BCUT2D eigenvalue weighted by molar-refractivity contribution is -0.185. The van der Waals surface area contributed by atoms with E-state index >= 15 is 0 Å². The average molecular weight is 421 g/mol. The normalized spacial score (nSPS) is 31.0. The largest absolute Gasteiger partial charge is 0.399 e. The highest BCUT2D eigenvalue weighted by Crippen LogP contribution is 2.50. The molecular formula is C14H11Cl3F3NO2S. The monoisotopic (exact) mass is 419 g/mol. The highest BCUT2D eigenvalue weighted by atomic mass is 35.5. The fourth-order valence-corrected chi connectivity index (χ4v) is 4.40. The molecule has 2 fully saturated rings. The first-order chi connectivity index (χ1) is 11.2. The van der Waals surface area contributed by atoms with Crippen LogP contribution in [-0.2, 0) is 14.4 Å². The van der Waals surface area contributed by atoms with E-state index in [4.69, 9.17) is 39.0 Å². The first-order valence-corrected chi connectivity index (χ1v) is 8.82. The maximum atomic E-state index is 13.9. The second-order valence-corrected chi connectivity index (χ2v) is 7.82. The third-order valence-electron chi connectivity index (χ3n) is 4.49. The number of nitrogens with one attached hydrogen (secondary N) is 1. The minimum atomic E-state index is -4.55. The van der Waals surface area contributed by atoms with Crippen molar-refractivity contribution < 1.29 is 22.1 Å². The Morgan fingerprint density at radius 2 is 1.88 bits per heavy atom. The summed E-state index contributed by atoms with van der Waals surface area (Å²) in [6.45, 7) is -0.277. The Hall–Kier alpha value is -0.180. The molecule has 24 heavy (non-hydrogen) atoms. The smallest absolute Gasteiger partial charge is 0.312 e. The number of benzene rings is 1. The second-order valence-electron chi connectivity index (χ2n) is 5.82. The molecule has 2 heterocycles. The Kier molecular flexibility index (Phi) is 5.06. The summed E-state index contributed by atoms with van der Waals surface area (Å²) in [5.74, 6) is -0.613. The number of alkyl halides is 3. The summed E-state index contributed by atoms with van der Waals surface area (Å²) in [7, 11) is 0. The Morgan fingerprint density at radius 3 is 2.38 bits per heavy atom. The molecule has 2 aliphatic heterocycles. The van der Waals surface area contributed by atoms with Crippen LogP contribution in [0.5, 0.6) is 0 Å². The number of hydrogen-bond donors (Lipinski definition) is 1. The van der Waals surface area contributed by atoms with Crippen molar-refractivity contribution >= 4 is 52.0 Å². The van der Waals surface area contributed by atoms with E-state index in [0.29, 0.717) is 12.0 Å². The first-order valence-electron chi connectivity index (χ1n) is 6.94. The average Bonchev–Trinajstić information content (AvgIpc) is 3.10. The van der Waals surface area contributed by atoms with E-state index in [1.807, 2.05) is 0 Å². The van der Waals surface area contributed by atoms with Gasteiger partial charge in [-0.1, -0.05) is 34.8 Å². The van der Waals surface area contributed by atoms with Crippen LogP contribution in [0.25, 0.3) is 0 Å². The van der Waals surface area contributed by atoms with Gasteiger partial charge in [0.25, 0.3) is 0 Å². The van der Waals surface area contributed by atoms with Gasteiger partial charge in [0, 0.05) is 12.6 Å². The van der Waals surface area contributed by atoms with E-state index in [2.05, 4.69) is 5.32 Å². The molecule has 1 N–H and O–H groups in total. The lowest BCUT2D eigenvalue weighted by Gasteiger charge is -2.32. The van der Waals surface area contributed by atoms with Gasteiger partial charge in [-0.3, -0.25) is 4.79 Å². The molecule has 0 radical (unpaired) electrons. The number of carbonyl (C=O) groups is 1. The summed E-state index contributed by atoms with van der Waals surface area (Å²) in [5.41, 5.74) is -2.26. The topological polar surface area (TPSA) is 38.3 Å².